The van der Waals surface area contributed by atoms with Crippen molar-refractivity contribution in [3.05, 3.63) is 53.6 Å². The summed E-state index contributed by atoms with van der Waals surface area (Å²) in [5.74, 6) is 1.09. The normalized spacial score (nSPS) is 20.5. The first-order chi connectivity index (χ1) is 16.1. The second kappa shape index (κ2) is 9.43. The summed E-state index contributed by atoms with van der Waals surface area (Å²) >= 11 is 0. The highest BCUT2D eigenvalue weighted by atomic mass is 16.7. The molecule has 0 bridgehead atoms. The van der Waals surface area contributed by atoms with Gasteiger partial charge in [0.1, 0.15) is 5.75 Å². The van der Waals surface area contributed by atoms with Crippen LogP contribution in [0.3, 0.4) is 0 Å². The summed E-state index contributed by atoms with van der Waals surface area (Å²) in [6, 6.07) is 14.2. The number of nitrogens with one attached hydrogen (secondary N) is 1. The Bertz CT molecular complexity index is 1010. The SMILES string of the molecule is CCOC(=O)N1CCC(C2OCc3cc(-c4ccc(C(=O)NC5CC5)cc4)ccc3O2)CC1. The number of nitrogens with zero attached hydrogens (tertiary/aromatic N) is 1. The van der Waals surface area contributed by atoms with Crippen LogP contribution in [0.15, 0.2) is 42.5 Å². The van der Waals surface area contributed by atoms with Crippen molar-refractivity contribution in [1.29, 1.82) is 0 Å². The van der Waals surface area contributed by atoms with Gasteiger partial charge in [0.15, 0.2) is 0 Å². The van der Waals surface area contributed by atoms with Crippen LogP contribution in [0.25, 0.3) is 11.1 Å². The summed E-state index contributed by atoms with van der Waals surface area (Å²) in [6.45, 7) is 4.03. The van der Waals surface area contributed by atoms with Crippen LogP contribution in [-0.4, -0.2) is 48.9 Å². The zero-order valence-corrected chi connectivity index (χ0v) is 18.9. The number of benzene rings is 2. The molecule has 1 atom stereocenters. The number of carbonyl (C=O) groups is 2. The van der Waals surface area contributed by atoms with E-state index in [9.17, 15) is 9.59 Å². The average Bonchev–Trinajstić information content (AvgIpc) is 3.68. The number of fused-ring (bicyclic) bond motifs is 1. The van der Waals surface area contributed by atoms with E-state index in [0.29, 0.717) is 37.9 Å². The van der Waals surface area contributed by atoms with Gasteiger partial charge in [-0.3, -0.25) is 4.79 Å². The zero-order valence-electron chi connectivity index (χ0n) is 18.9. The number of hydrogen-bond donors (Lipinski definition) is 1. The van der Waals surface area contributed by atoms with Gasteiger partial charge in [-0.05, 0) is 68.0 Å². The van der Waals surface area contributed by atoms with Gasteiger partial charge in [0.2, 0.25) is 6.29 Å². The quantitative estimate of drug-likeness (QED) is 0.733. The molecule has 5 rings (SSSR count). The van der Waals surface area contributed by atoms with Crippen LogP contribution in [-0.2, 0) is 16.1 Å². The van der Waals surface area contributed by atoms with Gasteiger partial charge in [0, 0.05) is 36.2 Å². The maximum absolute atomic E-state index is 12.2. The Morgan fingerprint density at radius 1 is 1.03 bits per heavy atom. The molecule has 7 heteroatoms. The van der Waals surface area contributed by atoms with Crippen LogP contribution in [0, 0.1) is 5.92 Å². The number of carbonyl (C=O) groups excluding carboxylic acids is 2. The Labute approximate surface area is 194 Å². The number of piperidine rings is 1. The van der Waals surface area contributed by atoms with Crippen LogP contribution < -0.4 is 10.1 Å². The lowest BCUT2D eigenvalue weighted by atomic mass is 9.95. The second-order valence-corrected chi connectivity index (χ2v) is 8.97. The Kier molecular flexibility index (Phi) is 6.22. The predicted octanol–water partition coefficient (Wildman–Crippen LogP) is 4.35. The van der Waals surface area contributed by atoms with E-state index in [4.69, 9.17) is 14.2 Å². The molecule has 2 amide bonds. The van der Waals surface area contributed by atoms with Crippen molar-refractivity contribution in [2.75, 3.05) is 19.7 Å². The number of hydrogen-bond acceptors (Lipinski definition) is 5. The summed E-state index contributed by atoms with van der Waals surface area (Å²) < 4.78 is 17.3. The van der Waals surface area contributed by atoms with Gasteiger partial charge in [0.05, 0.1) is 13.2 Å². The molecule has 2 aromatic rings. The number of ether oxygens (including phenoxy) is 3. The molecular formula is C26H30N2O5. The third-order valence-corrected chi connectivity index (χ3v) is 6.55. The van der Waals surface area contributed by atoms with Gasteiger partial charge in [-0.25, -0.2) is 4.79 Å². The van der Waals surface area contributed by atoms with Crippen molar-refractivity contribution in [3.63, 3.8) is 0 Å². The molecule has 2 aliphatic heterocycles. The van der Waals surface area contributed by atoms with Crippen molar-refractivity contribution < 1.29 is 23.8 Å². The Balaban J connectivity index is 1.20. The van der Waals surface area contributed by atoms with Crippen LogP contribution in [0.5, 0.6) is 5.75 Å². The molecule has 1 saturated carbocycles. The van der Waals surface area contributed by atoms with E-state index in [0.717, 1.165) is 48.1 Å². The first kappa shape index (κ1) is 21.8. The Morgan fingerprint density at radius 3 is 2.45 bits per heavy atom. The molecule has 0 radical (unpaired) electrons. The highest BCUT2D eigenvalue weighted by molar-refractivity contribution is 5.95. The molecule has 174 valence electrons. The molecule has 2 heterocycles. The lowest BCUT2D eigenvalue weighted by molar-refractivity contribution is -0.148. The van der Waals surface area contributed by atoms with Crippen molar-refractivity contribution in [3.8, 4) is 16.9 Å². The summed E-state index contributed by atoms with van der Waals surface area (Å²) in [7, 11) is 0. The zero-order chi connectivity index (χ0) is 22.8. The lowest BCUT2D eigenvalue weighted by Crippen LogP contribution is -2.44. The van der Waals surface area contributed by atoms with Gasteiger partial charge in [-0.2, -0.15) is 0 Å². The van der Waals surface area contributed by atoms with E-state index in [1.54, 1.807) is 4.90 Å². The highest BCUT2D eigenvalue weighted by Crippen LogP contribution is 2.35. The molecule has 3 aliphatic rings. The van der Waals surface area contributed by atoms with Crippen molar-refractivity contribution in [2.45, 2.75) is 51.5 Å². The third-order valence-electron chi connectivity index (χ3n) is 6.55. The third kappa shape index (κ3) is 4.98. The minimum Gasteiger partial charge on any atom is -0.464 e. The second-order valence-electron chi connectivity index (χ2n) is 8.97. The summed E-state index contributed by atoms with van der Waals surface area (Å²) in [4.78, 5) is 25.9. The molecule has 0 aromatic heterocycles. The molecular weight excluding hydrogens is 420 g/mol. The largest absolute Gasteiger partial charge is 0.464 e. The van der Waals surface area contributed by atoms with E-state index >= 15 is 0 Å². The van der Waals surface area contributed by atoms with Crippen LogP contribution in [0.2, 0.25) is 0 Å². The molecule has 1 unspecified atom stereocenters. The maximum Gasteiger partial charge on any atom is 0.409 e. The fourth-order valence-corrected chi connectivity index (χ4v) is 4.43. The molecule has 33 heavy (non-hydrogen) atoms. The lowest BCUT2D eigenvalue weighted by Gasteiger charge is -2.37. The summed E-state index contributed by atoms with van der Waals surface area (Å²) in [6.07, 6.45) is 3.29. The fraction of sp³-hybridized carbons (Fsp3) is 0.462. The molecule has 2 fully saturated rings. The summed E-state index contributed by atoms with van der Waals surface area (Å²) in [5, 5.41) is 3.02. The van der Waals surface area contributed by atoms with E-state index in [1.165, 1.54) is 0 Å². The number of amides is 2. The van der Waals surface area contributed by atoms with Gasteiger partial charge in [-0.15, -0.1) is 0 Å². The molecule has 0 spiro atoms. The molecule has 7 nitrogen and oxygen atoms in total. The number of rotatable bonds is 5. The van der Waals surface area contributed by atoms with Gasteiger partial charge < -0.3 is 24.4 Å². The fourth-order valence-electron chi connectivity index (χ4n) is 4.43. The van der Waals surface area contributed by atoms with E-state index in [-0.39, 0.29) is 24.2 Å². The Morgan fingerprint density at radius 2 is 1.76 bits per heavy atom. The average molecular weight is 451 g/mol. The number of likely N-dealkylation sites (tertiary alicyclic amines) is 1. The van der Waals surface area contributed by atoms with Gasteiger partial charge in [-0.1, -0.05) is 18.2 Å². The van der Waals surface area contributed by atoms with E-state index in [2.05, 4.69) is 11.4 Å². The monoisotopic (exact) mass is 450 g/mol. The summed E-state index contributed by atoms with van der Waals surface area (Å²) in [5.41, 5.74) is 3.82. The minimum absolute atomic E-state index is 0.00424. The standard InChI is InChI=1S/C26H30N2O5/c1-2-31-26(30)28-13-11-19(12-14-28)25-32-16-21-15-20(7-10-23(21)33-25)17-3-5-18(6-4-17)24(29)27-22-8-9-22/h3-7,10,15,19,22,25H,2,8-9,11-14,16H2,1H3,(H,27,29). The maximum atomic E-state index is 12.2. The highest BCUT2D eigenvalue weighted by Gasteiger charge is 2.33. The smallest absolute Gasteiger partial charge is 0.409 e. The van der Waals surface area contributed by atoms with Crippen molar-refractivity contribution in [1.82, 2.24) is 10.2 Å². The topological polar surface area (TPSA) is 77.1 Å². The van der Waals surface area contributed by atoms with Crippen molar-refractivity contribution >= 4 is 12.0 Å². The first-order valence-corrected chi connectivity index (χ1v) is 11.8. The van der Waals surface area contributed by atoms with Gasteiger partial charge >= 0.3 is 6.09 Å². The molecule has 2 aromatic carbocycles. The molecule has 1 N–H and O–H groups in total. The van der Waals surface area contributed by atoms with Crippen molar-refractivity contribution in [2.24, 2.45) is 5.92 Å². The van der Waals surface area contributed by atoms with Gasteiger partial charge in [0.25, 0.3) is 5.91 Å². The van der Waals surface area contributed by atoms with Crippen LogP contribution in [0.1, 0.15) is 48.5 Å². The van der Waals surface area contributed by atoms with E-state index < -0.39 is 0 Å². The van der Waals surface area contributed by atoms with Crippen LogP contribution >= 0.6 is 0 Å². The van der Waals surface area contributed by atoms with E-state index in [1.807, 2.05) is 43.3 Å². The first-order valence-electron chi connectivity index (χ1n) is 11.8. The molecule has 1 aliphatic carbocycles. The minimum atomic E-state index is -0.294. The molecule has 1 saturated heterocycles. The Hall–Kier alpha value is -3.06. The predicted molar refractivity (Wildman–Crippen MR) is 123 cm³/mol. The van der Waals surface area contributed by atoms with Crippen LogP contribution in [0.4, 0.5) is 4.79 Å².